The molecule has 2 heterocycles. The number of aromatic nitrogens is 2. The molecule has 1 fully saturated rings. The molecule has 1 atom stereocenters. The Labute approximate surface area is 109 Å². The van der Waals surface area contributed by atoms with Gasteiger partial charge in [0.2, 0.25) is 0 Å². The molecule has 4 nitrogen and oxygen atoms in total. The molecule has 0 aliphatic carbocycles. The number of hydrogen-bond donors (Lipinski definition) is 1. The van der Waals surface area contributed by atoms with Gasteiger partial charge < -0.3 is 10.5 Å². The summed E-state index contributed by atoms with van der Waals surface area (Å²) >= 11 is 0. The highest BCUT2D eigenvalue weighted by Gasteiger charge is 2.17. The Morgan fingerprint density at radius 3 is 2.50 bits per heavy atom. The lowest BCUT2D eigenvalue weighted by atomic mass is 10.0. The molecule has 1 aromatic rings. The van der Waals surface area contributed by atoms with E-state index < -0.39 is 0 Å². The zero-order valence-corrected chi connectivity index (χ0v) is 11.4. The summed E-state index contributed by atoms with van der Waals surface area (Å²) in [5.41, 5.74) is 8.95. The molecule has 2 N–H and O–H groups in total. The van der Waals surface area contributed by atoms with Crippen molar-refractivity contribution in [2.24, 2.45) is 5.73 Å². The van der Waals surface area contributed by atoms with Crippen LogP contribution >= 0.6 is 0 Å². The molecular weight excluding hydrogens is 226 g/mol. The van der Waals surface area contributed by atoms with Crippen molar-refractivity contribution in [2.75, 3.05) is 13.2 Å². The molecule has 1 saturated heterocycles. The number of ether oxygens (including phenoxy) is 1. The van der Waals surface area contributed by atoms with Crippen molar-refractivity contribution in [3.63, 3.8) is 0 Å². The normalized spacial score (nSPS) is 20.1. The zero-order valence-electron chi connectivity index (χ0n) is 11.4. The maximum Gasteiger partial charge on any atom is 0.131 e. The molecule has 100 valence electrons. The Kier molecular flexibility index (Phi) is 4.66. The summed E-state index contributed by atoms with van der Waals surface area (Å²) in [5, 5.41) is 0. The van der Waals surface area contributed by atoms with Crippen LogP contribution in [0.5, 0.6) is 0 Å². The van der Waals surface area contributed by atoms with Gasteiger partial charge in [0.15, 0.2) is 0 Å². The zero-order chi connectivity index (χ0) is 13.0. The first-order chi connectivity index (χ1) is 8.70. The highest BCUT2D eigenvalue weighted by Crippen LogP contribution is 2.17. The molecule has 0 bridgehead atoms. The monoisotopic (exact) mass is 249 g/mol. The van der Waals surface area contributed by atoms with Crippen LogP contribution < -0.4 is 5.73 Å². The average Bonchev–Trinajstić information content (AvgIpc) is 2.35. The lowest BCUT2D eigenvalue weighted by molar-refractivity contribution is 0.0156. The Balaban J connectivity index is 2.09. The summed E-state index contributed by atoms with van der Waals surface area (Å²) in [6.45, 7) is 5.62. The van der Waals surface area contributed by atoms with Gasteiger partial charge in [0, 0.05) is 24.4 Å². The summed E-state index contributed by atoms with van der Waals surface area (Å²) in [7, 11) is 0. The van der Waals surface area contributed by atoms with Crippen molar-refractivity contribution in [1.29, 1.82) is 0 Å². The Morgan fingerprint density at radius 2 is 1.94 bits per heavy atom. The molecule has 0 saturated carbocycles. The van der Waals surface area contributed by atoms with Crippen LogP contribution in [0, 0.1) is 13.8 Å². The molecule has 0 amide bonds. The van der Waals surface area contributed by atoms with Crippen LogP contribution in [0.25, 0.3) is 0 Å². The SMILES string of the molecule is Cc1nc(CC2CCCCO2)nc(C)c1CCN. The standard InChI is InChI=1S/C14H23N3O/c1-10-13(6-7-15)11(2)17-14(16-10)9-12-5-3-4-8-18-12/h12H,3-9,15H2,1-2H3. The summed E-state index contributed by atoms with van der Waals surface area (Å²) in [6.07, 6.45) is 5.57. The van der Waals surface area contributed by atoms with Crippen LogP contribution in [0.2, 0.25) is 0 Å². The van der Waals surface area contributed by atoms with Crippen molar-refractivity contribution in [1.82, 2.24) is 9.97 Å². The summed E-state index contributed by atoms with van der Waals surface area (Å²) in [5.74, 6) is 0.915. The fraction of sp³-hybridized carbons (Fsp3) is 0.714. The van der Waals surface area contributed by atoms with E-state index in [0.717, 1.165) is 43.1 Å². The largest absolute Gasteiger partial charge is 0.378 e. The molecule has 0 radical (unpaired) electrons. The van der Waals surface area contributed by atoms with E-state index in [-0.39, 0.29) is 0 Å². The second kappa shape index (κ2) is 6.25. The van der Waals surface area contributed by atoms with Gasteiger partial charge in [0.25, 0.3) is 0 Å². The fourth-order valence-corrected chi connectivity index (χ4v) is 2.58. The van der Waals surface area contributed by atoms with Gasteiger partial charge in [0.1, 0.15) is 5.82 Å². The van der Waals surface area contributed by atoms with Crippen LogP contribution in [0.4, 0.5) is 0 Å². The van der Waals surface area contributed by atoms with E-state index >= 15 is 0 Å². The first-order valence-electron chi connectivity index (χ1n) is 6.85. The highest BCUT2D eigenvalue weighted by molar-refractivity contribution is 5.24. The molecule has 2 rings (SSSR count). The van der Waals surface area contributed by atoms with Crippen molar-refractivity contribution in [2.45, 2.75) is 52.1 Å². The molecule has 1 unspecified atom stereocenters. The smallest absolute Gasteiger partial charge is 0.131 e. The molecular formula is C14H23N3O. The Hall–Kier alpha value is -1.00. The minimum absolute atomic E-state index is 0.304. The van der Waals surface area contributed by atoms with Crippen LogP contribution in [-0.2, 0) is 17.6 Å². The van der Waals surface area contributed by atoms with Crippen molar-refractivity contribution < 1.29 is 4.74 Å². The van der Waals surface area contributed by atoms with Gasteiger partial charge in [-0.05, 0) is 51.6 Å². The molecule has 1 aliphatic rings. The predicted molar refractivity (Wildman–Crippen MR) is 71.6 cm³/mol. The van der Waals surface area contributed by atoms with E-state index in [1.165, 1.54) is 18.4 Å². The third-order valence-corrected chi connectivity index (χ3v) is 3.55. The van der Waals surface area contributed by atoms with Gasteiger partial charge in [-0.1, -0.05) is 0 Å². The van der Waals surface area contributed by atoms with Crippen LogP contribution in [0.3, 0.4) is 0 Å². The van der Waals surface area contributed by atoms with Crippen LogP contribution in [0.15, 0.2) is 0 Å². The third kappa shape index (κ3) is 3.27. The van der Waals surface area contributed by atoms with E-state index in [1.54, 1.807) is 0 Å². The first kappa shape index (κ1) is 13.4. The second-order valence-electron chi connectivity index (χ2n) is 5.02. The summed E-state index contributed by atoms with van der Waals surface area (Å²) in [6, 6.07) is 0. The third-order valence-electron chi connectivity index (χ3n) is 3.55. The number of nitrogens with zero attached hydrogens (tertiary/aromatic N) is 2. The Bertz CT molecular complexity index is 377. The molecule has 1 aliphatic heterocycles. The summed E-state index contributed by atoms with van der Waals surface area (Å²) in [4.78, 5) is 9.20. The molecule has 0 spiro atoms. The number of rotatable bonds is 4. The van der Waals surface area contributed by atoms with Crippen molar-refractivity contribution in [3.8, 4) is 0 Å². The van der Waals surface area contributed by atoms with Crippen LogP contribution in [0.1, 0.15) is 42.0 Å². The van der Waals surface area contributed by atoms with Gasteiger partial charge in [0.05, 0.1) is 6.10 Å². The molecule has 18 heavy (non-hydrogen) atoms. The Morgan fingerprint density at radius 1 is 1.22 bits per heavy atom. The fourth-order valence-electron chi connectivity index (χ4n) is 2.58. The van der Waals surface area contributed by atoms with Gasteiger partial charge in [-0.3, -0.25) is 0 Å². The lowest BCUT2D eigenvalue weighted by Crippen LogP contribution is -2.23. The van der Waals surface area contributed by atoms with Crippen molar-refractivity contribution >= 4 is 0 Å². The topological polar surface area (TPSA) is 61.0 Å². The van der Waals surface area contributed by atoms with Gasteiger partial charge in [-0.25, -0.2) is 9.97 Å². The van der Waals surface area contributed by atoms with Crippen molar-refractivity contribution in [3.05, 3.63) is 22.8 Å². The van der Waals surface area contributed by atoms with Gasteiger partial charge in [-0.2, -0.15) is 0 Å². The lowest BCUT2D eigenvalue weighted by Gasteiger charge is -2.22. The number of hydrogen-bond acceptors (Lipinski definition) is 4. The van der Waals surface area contributed by atoms with Crippen LogP contribution in [-0.4, -0.2) is 29.2 Å². The van der Waals surface area contributed by atoms with Gasteiger partial charge >= 0.3 is 0 Å². The number of aryl methyl sites for hydroxylation is 2. The maximum atomic E-state index is 5.74. The minimum atomic E-state index is 0.304. The molecule has 1 aromatic heterocycles. The molecule has 0 aromatic carbocycles. The average molecular weight is 249 g/mol. The minimum Gasteiger partial charge on any atom is -0.378 e. The molecule has 4 heteroatoms. The maximum absolute atomic E-state index is 5.74. The number of nitrogens with two attached hydrogens (primary N) is 1. The first-order valence-corrected chi connectivity index (χ1v) is 6.85. The summed E-state index contributed by atoms with van der Waals surface area (Å²) < 4.78 is 5.74. The highest BCUT2D eigenvalue weighted by atomic mass is 16.5. The van der Waals surface area contributed by atoms with E-state index in [9.17, 15) is 0 Å². The van der Waals surface area contributed by atoms with E-state index in [2.05, 4.69) is 9.97 Å². The van der Waals surface area contributed by atoms with E-state index in [1.807, 2.05) is 13.8 Å². The second-order valence-corrected chi connectivity index (χ2v) is 5.02. The van der Waals surface area contributed by atoms with Gasteiger partial charge in [-0.15, -0.1) is 0 Å². The predicted octanol–water partition coefficient (Wildman–Crippen LogP) is 1.71. The van der Waals surface area contributed by atoms with E-state index in [0.29, 0.717) is 12.6 Å². The van der Waals surface area contributed by atoms with E-state index in [4.69, 9.17) is 10.5 Å². The quantitative estimate of drug-likeness (QED) is 0.882.